The fourth-order valence-electron chi connectivity index (χ4n) is 1.21. The van der Waals surface area contributed by atoms with Crippen molar-refractivity contribution in [3.05, 3.63) is 28.4 Å². The Balaban J connectivity index is 2.55. The molecule has 0 aromatic heterocycles. The Labute approximate surface area is 167 Å². The molecule has 1 aromatic carbocycles. The number of hydrogen-bond acceptors (Lipinski definition) is 6. The van der Waals surface area contributed by atoms with Crippen LogP contribution in [0.15, 0.2) is 12.1 Å². The third-order valence-corrected chi connectivity index (χ3v) is 6.49. The van der Waals surface area contributed by atoms with Crippen molar-refractivity contribution < 1.29 is 32.0 Å². The molecule has 0 aliphatic carbocycles. The van der Waals surface area contributed by atoms with Crippen molar-refractivity contribution in [1.29, 1.82) is 0 Å². The molecule has 0 saturated heterocycles. The van der Waals surface area contributed by atoms with Crippen LogP contribution in [0.5, 0.6) is 0 Å². The lowest BCUT2D eigenvalue weighted by Crippen LogP contribution is -2.20. The van der Waals surface area contributed by atoms with E-state index in [1.54, 1.807) is 6.07 Å². The molecule has 0 spiro atoms. The molecule has 11 heteroatoms. The van der Waals surface area contributed by atoms with Gasteiger partial charge in [-0.1, -0.05) is 0 Å². The van der Waals surface area contributed by atoms with Gasteiger partial charge in [-0.3, -0.25) is 4.55 Å². The van der Waals surface area contributed by atoms with Crippen molar-refractivity contribution in [2.75, 3.05) is 19.0 Å². The Morgan fingerprint density at radius 1 is 1.14 bits per heavy atom. The summed E-state index contributed by atoms with van der Waals surface area (Å²) in [4.78, 5) is 23.2. The smallest absolute Gasteiger partial charge is 0.344 e. The van der Waals surface area contributed by atoms with E-state index >= 15 is 0 Å². The molecule has 22 heavy (non-hydrogen) atoms. The van der Waals surface area contributed by atoms with Gasteiger partial charge in [-0.15, -0.1) is 0 Å². The maximum Gasteiger partial charge on any atom is 0.344 e. The van der Waals surface area contributed by atoms with E-state index in [4.69, 9.17) is 9.29 Å². The number of rotatable bonds is 6. The minimum absolute atomic E-state index is 0.336. The van der Waals surface area contributed by atoms with Crippen LogP contribution in [0.1, 0.15) is 10.4 Å². The maximum absolute atomic E-state index is 11.9. The lowest BCUT2D eigenvalue weighted by Gasteiger charge is -2.08. The highest BCUT2D eigenvalue weighted by atomic mass is 127. The third-order valence-electron chi connectivity index (χ3n) is 2.14. The molecule has 0 aliphatic heterocycles. The van der Waals surface area contributed by atoms with Gasteiger partial charge in [-0.25, -0.2) is 9.59 Å². The first-order valence-electron chi connectivity index (χ1n) is 5.52. The van der Waals surface area contributed by atoms with Gasteiger partial charge in [0.2, 0.25) is 0 Å². The molecule has 0 bridgehead atoms. The van der Waals surface area contributed by atoms with Gasteiger partial charge < -0.3 is 9.47 Å². The summed E-state index contributed by atoms with van der Waals surface area (Å²) in [5, 5.41) is 0. The van der Waals surface area contributed by atoms with E-state index in [-0.39, 0.29) is 0 Å². The Kier molecular flexibility index (Phi) is 8.24. The normalized spacial score (nSPS) is 11.1. The average molecular weight is 666 g/mol. The molecule has 0 amide bonds. The van der Waals surface area contributed by atoms with E-state index in [1.807, 2.05) is 28.7 Å². The second kappa shape index (κ2) is 8.93. The molecular formula is C11H9I3O7S. The lowest BCUT2D eigenvalue weighted by molar-refractivity contribution is -0.146. The highest BCUT2D eigenvalue weighted by Crippen LogP contribution is 2.23. The van der Waals surface area contributed by atoms with E-state index < -0.39 is 41.0 Å². The van der Waals surface area contributed by atoms with Crippen LogP contribution in [-0.4, -0.2) is 43.9 Å². The Morgan fingerprint density at radius 3 is 2.36 bits per heavy atom. The monoisotopic (exact) mass is 666 g/mol. The molecule has 0 saturated carbocycles. The van der Waals surface area contributed by atoms with Gasteiger partial charge in [0.05, 0.1) is 5.56 Å². The van der Waals surface area contributed by atoms with Gasteiger partial charge in [0.1, 0.15) is 12.4 Å². The molecule has 0 aliphatic rings. The zero-order valence-electron chi connectivity index (χ0n) is 10.7. The lowest BCUT2D eigenvalue weighted by atomic mass is 10.2. The summed E-state index contributed by atoms with van der Waals surface area (Å²) in [5.41, 5.74) is 0.336. The first-order valence-corrected chi connectivity index (χ1v) is 10.4. The van der Waals surface area contributed by atoms with Crippen LogP contribution < -0.4 is 0 Å². The Hall–Kier alpha value is 0.260. The summed E-state index contributed by atoms with van der Waals surface area (Å²) in [5.74, 6) is -2.28. The van der Waals surface area contributed by atoms with Crippen LogP contribution in [0.2, 0.25) is 0 Å². The van der Waals surface area contributed by atoms with E-state index in [1.165, 1.54) is 0 Å². The van der Waals surface area contributed by atoms with Crippen molar-refractivity contribution in [3.63, 3.8) is 0 Å². The molecule has 7 nitrogen and oxygen atoms in total. The van der Waals surface area contributed by atoms with E-state index in [0.717, 1.165) is 7.14 Å². The van der Waals surface area contributed by atoms with Crippen molar-refractivity contribution in [3.8, 4) is 0 Å². The molecule has 1 rings (SSSR count). The second-order valence-electron chi connectivity index (χ2n) is 3.83. The number of carbonyl (C=O) groups is 2. The van der Waals surface area contributed by atoms with Crippen LogP contribution in [-0.2, 0) is 24.4 Å². The molecule has 0 fully saturated rings. The van der Waals surface area contributed by atoms with Gasteiger partial charge in [0.15, 0.2) is 6.61 Å². The first-order chi connectivity index (χ1) is 10.1. The summed E-state index contributed by atoms with van der Waals surface area (Å²) in [6, 6.07) is 3.53. The van der Waals surface area contributed by atoms with Crippen LogP contribution >= 0.6 is 67.8 Å². The zero-order chi connectivity index (χ0) is 16.9. The zero-order valence-corrected chi connectivity index (χ0v) is 18.0. The highest BCUT2D eigenvalue weighted by Gasteiger charge is 2.17. The number of halogens is 3. The van der Waals surface area contributed by atoms with Gasteiger partial charge >= 0.3 is 11.9 Å². The second-order valence-corrected chi connectivity index (χ2v) is 8.89. The summed E-state index contributed by atoms with van der Waals surface area (Å²) in [6.45, 7) is -1.14. The number of hydrogen-bond donors (Lipinski definition) is 1. The molecule has 0 unspecified atom stereocenters. The van der Waals surface area contributed by atoms with Crippen molar-refractivity contribution in [2.45, 2.75) is 0 Å². The van der Waals surface area contributed by atoms with E-state index in [9.17, 15) is 18.0 Å². The number of ether oxygens (including phenoxy) is 2. The van der Waals surface area contributed by atoms with Gasteiger partial charge in [-0.05, 0) is 79.9 Å². The van der Waals surface area contributed by atoms with Crippen LogP contribution in [0.4, 0.5) is 0 Å². The summed E-state index contributed by atoms with van der Waals surface area (Å²) < 4.78 is 41.2. The largest absolute Gasteiger partial charge is 0.462 e. The van der Waals surface area contributed by atoms with Crippen LogP contribution in [0.25, 0.3) is 0 Å². The van der Waals surface area contributed by atoms with Crippen molar-refractivity contribution in [1.82, 2.24) is 0 Å². The topological polar surface area (TPSA) is 107 Å². The quantitative estimate of drug-likeness (QED) is 0.215. The van der Waals surface area contributed by atoms with Crippen LogP contribution in [0.3, 0.4) is 0 Å². The predicted molar refractivity (Wildman–Crippen MR) is 102 cm³/mol. The molecule has 0 heterocycles. The molecule has 0 radical (unpaired) electrons. The highest BCUT2D eigenvalue weighted by molar-refractivity contribution is 14.1. The first kappa shape index (κ1) is 20.3. The average Bonchev–Trinajstić information content (AvgIpc) is 2.38. The van der Waals surface area contributed by atoms with Gasteiger partial charge in [0, 0.05) is 10.7 Å². The minimum Gasteiger partial charge on any atom is -0.462 e. The third kappa shape index (κ3) is 7.22. The minimum atomic E-state index is -4.20. The van der Waals surface area contributed by atoms with E-state index in [0.29, 0.717) is 9.13 Å². The number of benzene rings is 1. The van der Waals surface area contributed by atoms with Crippen molar-refractivity contribution >= 4 is 89.8 Å². The Morgan fingerprint density at radius 2 is 1.77 bits per heavy atom. The van der Waals surface area contributed by atoms with Gasteiger partial charge in [-0.2, -0.15) is 8.42 Å². The fourth-order valence-corrected chi connectivity index (χ4v) is 3.88. The van der Waals surface area contributed by atoms with E-state index in [2.05, 4.69) is 49.9 Å². The molecule has 1 aromatic rings. The molecule has 122 valence electrons. The molecular weight excluding hydrogens is 657 g/mol. The number of esters is 2. The number of carbonyl (C=O) groups excluding carboxylic acids is 2. The summed E-state index contributed by atoms with van der Waals surface area (Å²) >= 11 is 6.15. The predicted octanol–water partition coefficient (Wildman–Crippen LogP) is 2.09. The fraction of sp³-hybridized carbons (Fsp3) is 0.273. The van der Waals surface area contributed by atoms with Crippen LogP contribution in [0, 0.1) is 10.7 Å². The summed E-state index contributed by atoms with van der Waals surface area (Å²) in [6.07, 6.45) is 0. The summed E-state index contributed by atoms with van der Waals surface area (Å²) in [7, 11) is -4.20. The molecule has 0 atom stereocenters. The molecule has 1 N–H and O–H groups in total. The van der Waals surface area contributed by atoms with Gasteiger partial charge in [0.25, 0.3) is 10.1 Å². The standard InChI is InChI=1S/C11H9I3O7S/c12-6-3-7(10(14)8(13)4-6)11(16)21-5-9(15)20-1-2-22(17,18)19/h3-4H,1-2,5H2,(H,17,18,19). The Bertz CT molecular complexity index is 687. The maximum atomic E-state index is 11.9. The van der Waals surface area contributed by atoms with Crippen molar-refractivity contribution in [2.24, 2.45) is 0 Å². The SMILES string of the molecule is O=C(COC(=O)c1cc(I)cc(I)c1I)OCCS(=O)(=O)O.